The predicted octanol–water partition coefficient (Wildman–Crippen LogP) is 3.95. The van der Waals surface area contributed by atoms with Gasteiger partial charge in [0.1, 0.15) is 5.01 Å². The molecular weight excluding hydrogens is 348 g/mol. The van der Waals surface area contributed by atoms with Gasteiger partial charge in [0, 0.05) is 10.9 Å². The fraction of sp³-hybridized carbons (Fsp3) is 0.200. The molecule has 0 radical (unpaired) electrons. The van der Waals surface area contributed by atoms with Crippen molar-refractivity contribution in [3.05, 3.63) is 40.7 Å². The molecule has 5 nitrogen and oxygen atoms in total. The van der Waals surface area contributed by atoms with Crippen LogP contribution in [0.2, 0.25) is 0 Å². The van der Waals surface area contributed by atoms with E-state index in [1.54, 1.807) is 11.3 Å². The van der Waals surface area contributed by atoms with Crippen molar-refractivity contribution < 1.29 is 4.79 Å². The monoisotopic (exact) mass is 362 g/mol. The Balaban J connectivity index is 1.54. The molecule has 0 aliphatic carbocycles. The van der Waals surface area contributed by atoms with Gasteiger partial charge < -0.3 is 0 Å². The van der Waals surface area contributed by atoms with E-state index < -0.39 is 0 Å². The highest BCUT2D eigenvalue weighted by Crippen LogP contribution is 2.28. The Morgan fingerprint density at radius 2 is 2.09 bits per heavy atom. The molecule has 1 amide bonds. The number of benzene rings is 1. The lowest BCUT2D eigenvalue weighted by Crippen LogP contribution is -2.13. The summed E-state index contributed by atoms with van der Waals surface area (Å²) in [6.07, 6.45) is 0.823. The van der Waals surface area contributed by atoms with Gasteiger partial charge in [-0.25, -0.2) is 4.98 Å². The van der Waals surface area contributed by atoms with Gasteiger partial charge in [-0.05, 0) is 6.42 Å². The Kier molecular flexibility index (Phi) is 5.37. The number of carbonyl (C=O) groups excluding carboxylic acids is 1. The topological polar surface area (TPSA) is 67.8 Å². The molecule has 2 heterocycles. The zero-order valence-corrected chi connectivity index (χ0v) is 14.8. The Bertz CT molecular complexity index is 785. The average Bonchev–Trinajstić information content (AvgIpc) is 3.23. The maximum Gasteiger partial charge on any atom is 0.236 e. The van der Waals surface area contributed by atoms with Gasteiger partial charge >= 0.3 is 0 Å². The van der Waals surface area contributed by atoms with Crippen LogP contribution in [-0.2, 0) is 11.2 Å². The van der Waals surface area contributed by atoms with E-state index in [2.05, 4.69) is 20.5 Å². The number of nitrogens with zero attached hydrogens (tertiary/aromatic N) is 3. The maximum absolute atomic E-state index is 11.9. The second kappa shape index (κ2) is 7.67. The molecule has 0 saturated heterocycles. The summed E-state index contributed by atoms with van der Waals surface area (Å²) in [4.78, 5) is 16.5. The molecule has 0 bridgehead atoms. The number of anilines is 1. The second-order valence-corrected chi connectivity index (χ2v) is 7.70. The number of hydrogen-bond donors (Lipinski definition) is 1. The highest BCUT2D eigenvalue weighted by Gasteiger charge is 2.10. The Morgan fingerprint density at radius 1 is 1.26 bits per heavy atom. The van der Waals surface area contributed by atoms with Crippen molar-refractivity contribution in [2.24, 2.45) is 0 Å². The summed E-state index contributed by atoms with van der Waals surface area (Å²) < 4.78 is 0.880. The molecule has 0 atom stereocenters. The SMILES string of the molecule is CCc1nnc(NC(=O)CSc2nc(-c3ccccc3)cs2)s1. The third kappa shape index (κ3) is 4.37. The minimum atomic E-state index is -0.0923. The highest BCUT2D eigenvalue weighted by atomic mass is 32.2. The summed E-state index contributed by atoms with van der Waals surface area (Å²) >= 11 is 4.38. The Labute approximate surface area is 146 Å². The third-order valence-corrected chi connectivity index (χ3v) is 5.90. The number of hydrogen-bond acceptors (Lipinski definition) is 7. The van der Waals surface area contributed by atoms with E-state index in [9.17, 15) is 4.79 Å². The minimum Gasteiger partial charge on any atom is -0.300 e. The molecule has 3 aromatic rings. The van der Waals surface area contributed by atoms with Gasteiger partial charge in [0.25, 0.3) is 0 Å². The highest BCUT2D eigenvalue weighted by molar-refractivity contribution is 8.01. The zero-order chi connectivity index (χ0) is 16.1. The van der Waals surface area contributed by atoms with E-state index in [1.165, 1.54) is 23.1 Å². The average molecular weight is 363 g/mol. The summed E-state index contributed by atoms with van der Waals surface area (Å²) in [5.41, 5.74) is 2.02. The summed E-state index contributed by atoms with van der Waals surface area (Å²) in [5, 5.41) is 14.2. The van der Waals surface area contributed by atoms with Crippen molar-refractivity contribution >= 4 is 45.5 Å². The van der Waals surface area contributed by atoms with E-state index in [4.69, 9.17) is 0 Å². The van der Waals surface area contributed by atoms with Crippen LogP contribution in [-0.4, -0.2) is 26.8 Å². The first-order valence-electron chi connectivity index (χ1n) is 7.00. The molecule has 0 saturated carbocycles. The number of aromatic nitrogens is 3. The number of thiazole rings is 1. The van der Waals surface area contributed by atoms with Crippen LogP contribution < -0.4 is 5.32 Å². The molecule has 0 unspecified atom stereocenters. The molecule has 8 heteroatoms. The van der Waals surface area contributed by atoms with E-state index in [0.29, 0.717) is 10.9 Å². The number of rotatable bonds is 6. The van der Waals surface area contributed by atoms with Gasteiger partial charge in [-0.2, -0.15) is 0 Å². The lowest BCUT2D eigenvalue weighted by Gasteiger charge is -1.99. The molecule has 0 aliphatic rings. The van der Waals surface area contributed by atoms with E-state index >= 15 is 0 Å². The van der Waals surface area contributed by atoms with Gasteiger partial charge in [0.05, 0.1) is 11.4 Å². The van der Waals surface area contributed by atoms with E-state index in [0.717, 1.165) is 27.0 Å². The van der Waals surface area contributed by atoms with Gasteiger partial charge in [-0.3, -0.25) is 10.1 Å². The summed E-state index contributed by atoms with van der Waals surface area (Å²) in [7, 11) is 0. The lowest BCUT2D eigenvalue weighted by atomic mass is 10.2. The summed E-state index contributed by atoms with van der Waals surface area (Å²) in [6, 6.07) is 10.0. The number of carbonyl (C=O) groups is 1. The van der Waals surface area contributed by atoms with E-state index in [1.807, 2.05) is 42.6 Å². The van der Waals surface area contributed by atoms with Crippen LogP contribution >= 0.6 is 34.4 Å². The van der Waals surface area contributed by atoms with E-state index in [-0.39, 0.29) is 5.91 Å². The number of nitrogens with one attached hydrogen (secondary N) is 1. The molecule has 0 aliphatic heterocycles. The van der Waals surface area contributed by atoms with Gasteiger partial charge in [0.15, 0.2) is 4.34 Å². The van der Waals surface area contributed by atoms with Crippen molar-refractivity contribution in [3.8, 4) is 11.3 Å². The summed E-state index contributed by atoms with van der Waals surface area (Å²) in [5.74, 6) is 0.216. The van der Waals surface area contributed by atoms with Crippen LogP contribution in [0.4, 0.5) is 5.13 Å². The number of aryl methyl sites for hydroxylation is 1. The molecule has 0 spiro atoms. The molecule has 2 aromatic heterocycles. The quantitative estimate of drug-likeness (QED) is 0.672. The minimum absolute atomic E-state index is 0.0923. The van der Waals surface area contributed by atoms with Crippen molar-refractivity contribution in [1.82, 2.24) is 15.2 Å². The fourth-order valence-electron chi connectivity index (χ4n) is 1.79. The van der Waals surface area contributed by atoms with Crippen LogP contribution in [0.3, 0.4) is 0 Å². The second-order valence-electron chi connectivity index (χ2n) is 4.56. The first kappa shape index (κ1) is 16.1. The smallest absolute Gasteiger partial charge is 0.236 e. The fourth-order valence-corrected chi connectivity index (χ4v) is 4.13. The largest absolute Gasteiger partial charge is 0.300 e. The van der Waals surface area contributed by atoms with Crippen LogP contribution in [0.5, 0.6) is 0 Å². The van der Waals surface area contributed by atoms with Crippen LogP contribution in [0.1, 0.15) is 11.9 Å². The predicted molar refractivity (Wildman–Crippen MR) is 96.2 cm³/mol. The number of amides is 1. The van der Waals surface area contributed by atoms with Gasteiger partial charge in [-0.1, -0.05) is 60.4 Å². The number of thioether (sulfide) groups is 1. The molecule has 1 aromatic carbocycles. The first-order valence-corrected chi connectivity index (χ1v) is 9.68. The molecule has 3 rings (SSSR count). The van der Waals surface area contributed by atoms with Crippen molar-refractivity contribution in [2.75, 3.05) is 11.1 Å². The zero-order valence-electron chi connectivity index (χ0n) is 12.4. The van der Waals surface area contributed by atoms with Crippen LogP contribution in [0.15, 0.2) is 40.1 Å². The molecular formula is C15H14N4OS3. The lowest BCUT2D eigenvalue weighted by molar-refractivity contribution is -0.113. The van der Waals surface area contributed by atoms with Crippen molar-refractivity contribution in [2.45, 2.75) is 17.7 Å². The van der Waals surface area contributed by atoms with Crippen LogP contribution in [0, 0.1) is 0 Å². The Hall–Kier alpha value is -1.77. The maximum atomic E-state index is 11.9. The van der Waals surface area contributed by atoms with Gasteiger partial charge in [0.2, 0.25) is 11.0 Å². The molecule has 0 fully saturated rings. The molecule has 118 valence electrons. The third-order valence-electron chi connectivity index (χ3n) is 2.90. The molecule has 1 N–H and O–H groups in total. The standard InChI is InChI=1S/C15H14N4OS3/c1-2-13-18-19-14(23-13)17-12(20)9-22-15-16-11(8-21-15)10-6-4-3-5-7-10/h3-8H,2,9H2,1H3,(H,17,19,20). The molecule has 23 heavy (non-hydrogen) atoms. The Morgan fingerprint density at radius 3 is 2.83 bits per heavy atom. The van der Waals surface area contributed by atoms with Crippen LogP contribution in [0.25, 0.3) is 11.3 Å². The van der Waals surface area contributed by atoms with Crippen molar-refractivity contribution in [1.29, 1.82) is 0 Å². The van der Waals surface area contributed by atoms with Gasteiger partial charge in [-0.15, -0.1) is 21.5 Å². The normalized spacial score (nSPS) is 10.7. The van der Waals surface area contributed by atoms with Crippen molar-refractivity contribution in [3.63, 3.8) is 0 Å². The summed E-state index contributed by atoms with van der Waals surface area (Å²) in [6.45, 7) is 2.01. The first-order chi connectivity index (χ1) is 11.2.